The second-order valence-corrected chi connectivity index (χ2v) is 6.03. The number of pyridine rings is 1. The van der Waals surface area contributed by atoms with E-state index >= 15 is 0 Å². The molecule has 3 N–H and O–H groups in total. The Labute approximate surface area is 126 Å². The van der Waals surface area contributed by atoms with E-state index in [-0.39, 0.29) is 18.1 Å². The molecule has 5 nitrogen and oxygen atoms in total. The number of hydrogen-bond acceptors (Lipinski definition) is 3. The molecule has 1 aromatic rings. The molecule has 1 fully saturated rings. The van der Waals surface area contributed by atoms with E-state index in [0.29, 0.717) is 6.54 Å². The average Bonchev–Trinajstić information content (AvgIpc) is 2.47. The smallest absolute Gasteiger partial charge is 0.319 e. The Balaban J connectivity index is 1.87. The number of urea groups is 1. The number of amides is 2. The Kier molecular flexibility index (Phi) is 5.56. The molecule has 0 unspecified atom stereocenters. The van der Waals surface area contributed by atoms with Crippen LogP contribution in [0.2, 0.25) is 0 Å². The Morgan fingerprint density at radius 2 is 2.14 bits per heavy atom. The van der Waals surface area contributed by atoms with Crippen LogP contribution < -0.4 is 10.6 Å². The summed E-state index contributed by atoms with van der Waals surface area (Å²) >= 11 is 0. The predicted molar refractivity (Wildman–Crippen MR) is 83.2 cm³/mol. The topological polar surface area (TPSA) is 74.2 Å². The molecular formula is C16H25N3O2. The van der Waals surface area contributed by atoms with Gasteiger partial charge in [0.2, 0.25) is 0 Å². The molecule has 0 spiro atoms. The van der Waals surface area contributed by atoms with Crippen molar-refractivity contribution in [2.24, 2.45) is 5.41 Å². The summed E-state index contributed by atoms with van der Waals surface area (Å²) in [6, 6.07) is 3.42. The van der Waals surface area contributed by atoms with Gasteiger partial charge in [-0.2, -0.15) is 0 Å². The Morgan fingerprint density at radius 1 is 1.38 bits per heavy atom. The van der Waals surface area contributed by atoms with Crippen molar-refractivity contribution in [1.82, 2.24) is 10.3 Å². The first-order chi connectivity index (χ1) is 10.1. The van der Waals surface area contributed by atoms with E-state index in [1.807, 2.05) is 13.0 Å². The second kappa shape index (κ2) is 7.41. The van der Waals surface area contributed by atoms with Gasteiger partial charge in [-0.1, -0.05) is 19.3 Å². The second-order valence-electron chi connectivity index (χ2n) is 6.03. The third kappa shape index (κ3) is 4.70. The van der Waals surface area contributed by atoms with Crippen molar-refractivity contribution in [2.75, 3.05) is 18.5 Å². The third-order valence-corrected chi connectivity index (χ3v) is 4.33. The number of carbonyl (C=O) groups excluding carboxylic acids is 1. The Morgan fingerprint density at radius 3 is 2.81 bits per heavy atom. The zero-order valence-corrected chi connectivity index (χ0v) is 12.7. The van der Waals surface area contributed by atoms with Crippen molar-refractivity contribution >= 4 is 11.7 Å². The molecule has 0 aromatic carbocycles. The number of aliphatic hydroxyl groups excluding tert-OH is 1. The van der Waals surface area contributed by atoms with E-state index in [1.165, 1.54) is 19.3 Å². The van der Waals surface area contributed by atoms with Gasteiger partial charge in [0, 0.05) is 30.7 Å². The molecule has 0 bridgehead atoms. The Bertz CT molecular complexity index is 465. The highest BCUT2D eigenvalue weighted by molar-refractivity contribution is 5.89. The van der Waals surface area contributed by atoms with E-state index < -0.39 is 0 Å². The van der Waals surface area contributed by atoms with Crippen LogP contribution in [0.15, 0.2) is 18.3 Å². The zero-order valence-electron chi connectivity index (χ0n) is 12.7. The fraction of sp³-hybridized carbons (Fsp3) is 0.625. The van der Waals surface area contributed by atoms with E-state index in [0.717, 1.165) is 30.6 Å². The highest BCUT2D eigenvalue weighted by Crippen LogP contribution is 2.38. The van der Waals surface area contributed by atoms with Crippen LogP contribution in [-0.2, 0) is 0 Å². The van der Waals surface area contributed by atoms with Crippen LogP contribution in [0.4, 0.5) is 10.5 Å². The number of rotatable bonds is 5. The van der Waals surface area contributed by atoms with Crippen molar-refractivity contribution in [2.45, 2.75) is 45.4 Å². The minimum absolute atomic E-state index is 0.0680. The lowest BCUT2D eigenvalue weighted by Gasteiger charge is -2.37. The predicted octanol–water partition coefficient (Wildman–Crippen LogP) is 2.84. The maximum Gasteiger partial charge on any atom is 0.319 e. The van der Waals surface area contributed by atoms with Crippen molar-refractivity contribution in [3.05, 3.63) is 24.0 Å². The van der Waals surface area contributed by atoms with Gasteiger partial charge in [0.05, 0.1) is 0 Å². The van der Waals surface area contributed by atoms with Crippen LogP contribution in [0.5, 0.6) is 0 Å². The van der Waals surface area contributed by atoms with Gasteiger partial charge in [-0.3, -0.25) is 4.98 Å². The first-order valence-corrected chi connectivity index (χ1v) is 7.72. The van der Waals surface area contributed by atoms with Crippen LogP contribution in [0.3, 0.4) is 0 Å². The summed E-state index contributed by atoms with van der Waals surface area (Å²) in [6.07, 6.45) is 8.25. The number of carbonyl (C=O) groups is 1. The minimum atomic E-state index is -0.191. The molecule has 0 radical (unpaired) electrons. The molecular weight excluding hydrogens is 266 g/mol. The SMILES string of the molecule is Cc1cc(NC(=O)NCC2(CCO)CCCCC2)ccn1. The molecule has 1 aliphatic rings. The minimum Gasteiger partial charge on any atom is -0.396 e. The fourth-order valence-electron chi connectivity index (χ4n) is 3.12. The van der Waals surface area contributed by atoms with Gasteiger partial charge in [0.15, 0.2) is 0 Å². The van der Waals surface area contributed by atoms with E-state index in [9.17, 15) is 9.90 Å². The highest BCUT2D eigenvalue weighted by atomic mass is 16.3. The summed E-state index contributed by atoms with van der Waals surface area (Å²) < 4.78 is 0. The normalized spacial score (nSPS) is 17.2. The fourth-order valence-corrected chi connectivity index (χ4v) is 3.12. The van der Waals surface area contributed by atoms with E-state index in [1.54, 1.807) is 12.3 Å². The summed E-state index contributed by atoms with van der Waals surface area (Å²) in [5.41, 5.74) is 1.69. The van der Waals surface area contributed by atoms with E-state index in [4.69, 9.17) is 0 Å². The number of nitrogens with one attached hydrogen (secondary N) is 2. The van der Waals surface area contributed by atoms with Gasteiger partial charge in [0.1, 0.15) is 0 Å². The van der Waals surface area contributed by atoms with Gasteiger partial charge in [0.25, 0.3) is 0 Å². The molecule has 1 heterocycles. The quantitative estimate of drug-likeness (QED) is 0.781. The van der Waals surface area contributed by atoms with Gasteiger partial charge >= 0.3 is 6.03 Å². The molecule has 0 saturated heterocycles. The number of aryl methyl sites for hydroxylation is 1. The molecule has 2 amide bonds. The molecule has 21 heavy (non-hydrogen) atoms. The Hall–Kier alpha value is -1.62. The summed E-state index contributed by atoms with van der Waals surface area (Å²) in [4.78, 5) is 16.1. The number of nitrogens with zero attached hydrogens (tertiary/aromatic N) is 1. The lowest BCUT2D eigenvalue weighted by Crippen LogP contribution is -2.41. The van der Waals surface area contributed by atoms with Crippen LogP contribution in [0.1, 0.15) is 44.2 Å². The maximum atomic E-state index is 12.0. The first-order valence-electron chi connectivity index (χ1n) is 7.72. The van der Waals surface area contributed by atoms with Crippen LogP contribution in [0, 0.1) is 12.3 Å². The standard InChI is InChI=1S/C16H25N3O2/c1-13-11-14(5-9-17-13)19-15(21)18-12-16(8-10-20)6-3-2-4-7-16/h5,9,11,20H,2-4,6-8,10,12H2,1H3,(H2,17,18,19,21). The van der Waals surface area contributed by atoms with Gasteiger partial charge in [-0.15, -0.1) is 0 Å². The summed E-state index contributed by atoms with van der Waals surface area (Å²) in [7, 11) is 0. The molecule has 116 valence electrons. The molecule has 5 heteroatoms. The zero-order chi connectivity index (χ0) is 15.1. The van der Waals surface area contributed by atoms with Crippen LogP contribution in [0.25, 0.3) is 0 Å². The van der Waals surface area contributed by atoms with E-state index in [2.05, 4.69) is 15.6 Å². The molecule has 1 aromatic heterocycles. The third-order valence-electron chi connectivity index (χ3n) is 4.33. The number of aliphatic hydroxyl groups is 1. The van der Waals surface area contributed by atoms with Crippen molar-refractivity contribution in [3.8, 4) is 0 Å². The summed E-state index contributed by atoms with van der Waals surface area (Å²) in [5.74, 6) is 0. The number of hydrogen-bond donors (Lipinski definition) is 3. The lowest BCUT2D eigenvalue weighted by molar-refractivity contribution is 0.128. The molecule has 0 atom stereocenters. The molecule has 1 saturated carbocycles. The van der Waals surface area contributed by atoms with Crippen molar-refractivity contribution < 1.29 is 9.90 Å². The summed E-state index contributed by atoms with van der Waals surface area (Å²) in [6.45, 7) is 2.71. The van der Waals surface area contributed by atoms with Gasteiger partial charge in [-0.05, 0) is 43.7 Å². The van der Waals surface area contributed by atoms with Crippen LogP contribution >= 0.6 is 0 Å². The average molecular weight is 291 g/mol. The highest BCUT2D eigenvalue weighted by Gasteiger charge is 2.31. The lowest BCUT2D eigenvalue weighted by atomic mass is 9.72. The maximum absolute atomic E-state index is 12.0. The largest absolute Gasteiger partial charge is 0.396 e. The summed E-state index contributed by atoms with van der Waals surface area (Å²) in [5, 5.41) is 15.1. The van der Waals surface area contributed by atoms with Gasteiger partial charge < -0.3 is 15.7 Å². The molecule has 1 aliphatic carbocycles. The monoisotopic (exact) mass is 291 g/mol. The van der Waals surface area contributed by atoms with Crippen molar-refractivity contribution in [3.63, 3.8) is 0 Å². The van der Waals surface area contributed by atoms with Crippen molar-refractivity contribution in [1.29, 1.82) is 0 Å². The molecule has 0 aliphatic heterocycles. The number of aromatic nitrogens is 1. The van der Waals surface area contributed by atoms with Gasteiger partial charge in [-0.25, -0.2) is 4.79 Å². The van der Waals surface area contributed by atoms with Crippen LogP contribution in [-0.4, -0.2) is 29.3 Å². The molecule has 2 rings (SSSR count). The number of anilines is 1. The first kappa shape index (κ1) is 15.8.